The van der Waals surface area contributed by atoms with Gasteiger partial charge in [0, 0.05) is 25.7 Å². The third kappa shape index (κ3) is 3.61. The first-order chi connectivity index (χ1) is 11.2. The lowest BCUT2D eigenvalue weighted by molar-refractivity contribution is 0.0422. The normalized spacial score (nSPS) is 21.6. The summed E-state index contributed by atoms with van der Waals surface area (Å²) in [4.78, 5) is 16.7. The Morgan fingerprint density at radius 1 is 1.30 bits per heavy atom. The summed E-state index contributed by atoms with van der Waals surface area (Å²) in [6, 6.07) is 6.79. The molecule has 0 aliphatic carbocycles. The molecule has 5 nitrogen and oxygen atoms in total. The van der Waals surface area contributed by atoms with E-state index in [2.05, 4.69) is 24.0 Å². The first-order valence-electron chi connectivity index (χ1n) is 8.46. The molecule has 0 saturated carbocycles. The highest BCUT2D eigenvalue weighted by Crippen LogP contribution is 2.25. The number of nitrogens with zero attached hydrogens (tertiary/aromatic N) is 2. The maximum Gasteiger partial charge on any atom is 0.320 e. The molecule has 2 aliphatic heterocycles. The second-order valence-corrected chi connectivity index (χ2v) is 6.38. The van der Waals surface area contributed by atoms with E-state index < -0.39 is 0 Å². The predicted octanol–water partition coefficient (Wildman–Crippen LogP) is 2.46. The lowest BCUT2D eigenvalue weighted by atomic mass is 10.0. The number of carbonyl (C=O) groups excluding carboxylic acids is 1. The Hall–Kier alpha value is -1.75. The Balaban J connectivity index is 1.66. The monoisotopic (exact) mass is 318 g/mol. The van der Waals surface area contributed by atoms with E-state index in [0.717, 1.165) is 37.1 Å². The van der Waals surface area contributed by atoms with Crippen LogP contribution < -0.4 is 4.74 Å². The SMILES string of the molecule is COc1ccc(CC2CCCN2C(=O)N2CCOCC2)cc1C. The topological polar surface area (TPSA) is 42.0 Å². The number of aryl methyl sites for hydroxylation is 1. The summed E-state index contributed by atoms with van der Waals surface area (Å²) in [6.45, 7) is 5.67. The van der Waals surface area contributed by atoms with Gasteiger partial charge in [-0.15, -0.1) is 0 Å². The van der Waals surface area contributed by atoms with Crippen LogP contribution in [0.2, 0.25) is 0 Å². The minimum absolute atomic E-state index is 0.182. The summed E-state index contributed by atoms with van der Waals surface area (Å²) in [5.41, 5.74) is 2.42. The van der Waals surface area contributed by atoms with Crippen molar-refractivity contribution in [3.05, 3.63) is 29.3 Å². The van der Waals surface area contributed by atoms with Gasteiger partial charge in [-0.25, -0.2) is 4.79 Å². The fourth-order valence-corrected chi connectivity index (χ4v) is 3.58. The highest BCUT2D eigenvalue weighted by Gasteiger charge is 2.32. The number of rotatable bonds is 3. The largest absolute Gasteiger partial charge is 0.496 e. The Kier molecular flexibility index (Phi) is 5.06. The van der Waals surface area contributed by atoms with E-state index in [1.807, 2.05) is 11.0 Å². The van der Waals surface area contributed by atoms with Crippen molar-refractivity contribution >= 4 is 6.03 Å². The zero-order valence-corrected chi connectivity index (χ0v) is 14.1. The van der Waals surface area contributed by atoms with Crippen LogP contribution in [-0.4, -0.2) is 61.8 Å². The number of urea groups is 1. The van der Waals surface area contributed by atoms with Gasteiger partial charge in [0.25, 0.3) is 0 Å². The number of hydrogen-bond donors (Lipinski definition) is 0. The van der Waals surface area contributed by atoms with E-state index >= 15 is 0 Å². The Bertz CT molecular complexity index is 555. The van der Waals surface area contributed by atoms with Gasteiger partial charge in [-0.2, -0.15) is 0 Å². The van der Waals surface area contributed by atoms with E-state index in [0.29, 0.717) is 32.3 Å². The summed E-state index contributed by atoms with van der Waals surface area (Å²) in [5.74, 6) is 0.918. The van der Waals surface area contributed by atoms with Crippen molar-refractivity contribution in [2.75, 3.05) is 40.0 Å². The maximum atomic E-state index is 12.7. The zero-order chi connectivity index (χ0) is 16.2. The number of likely N-dealkylation sites (tertiary alicyclic amines) is 1. The summed E-state index contributed by atoms with van der Waals surface area (Å²) in [5, 5.41) is 0. The molecule has 0 bridgehead atoms. The first kappa shape index (κ1) is 16.1. The molecular formula is C18H26N2O3. The number of ether oxygens (including phenoxy) is 2. The molecule has 2 aliphatic rings. The van der Waals surface area contributed by atoms with Gasteiger partial charge in [-0.1, -0.05) is 12.1 Å². The van der Waals surface area contributed by atoms with Gasteiger partial charge in [0.15, 0.2) is 0 Å². The van der Waals surface area contributed by atoms with Gasteiger partial charge < -0.3 is 19.3 Å². The van der Waals surface area contributed by atoms with Gasteiger partial charge in [0.1, 0.15) is 5.75 Å². The van der Waals surface area contributed by atoms with E-state index in [1.165, 1.54) is 5.56 Å². The van der Waals surface area contributed by atoms with Crippen molar-refractivity contribution in [3.63, 3.8) is 0 Å². The van der Waals surface area contributed by atoms with E-state index in [4.69, 9.17) is 9.47 Å². The molecule has 1 atom stereocenters. The van der Waals surface area contributed by atoms with Crippen LogP contribution in [0.4, 0.5) is 4.79 Å². The predicted molar refractivity (Wildman–Crippen MR) is 89.0 cm³/mol. The third-order valence-corrected chi connectivity index (χ3v) is 4.84. The molecular weight excluding hydrogens is 292 g/mol. The summed E-state index contributed by atoms with van der Waals surface area (Å²) >= 11 is 0. The van der Waals surface area contributed by atoms with E-state index in [-0.39, 0.29) is 6.03 Å². The second kappa shape index (κ2) is 7.21. The van der Waals surface area contributed by atoms with Crippen LogP contribution in [0.3, 0.4) is 0 Å². The molecule has 2 fully saturated rings. The standard InChI is InChI=1S/C18H26N2O3/c1-14-12-15(5-6-17(14)22-2)13-16-4-3-7-20(16)18(21)19-8-10-23-11-9-19/h5-6,12,16H,3-4,7-11,13H2,1-2H3. The van der Waals surface area contributed by atoms with E-state index in [9.17, 15) is 4.79 Å². The minimum atomic E-state index is 0.182. The fourth-order valence-electron chi connectivity index (χ4n) is 3.58. The van der Waals surface area contributed by atoms with Crippen molar-refractivity contribution < 1.29 is 14.3 Å². The smallest absolute Gasteiger partial charge is 0.320 e. The maximum absolute atomic E-state index is 12.7. The average Bonchev–Trinajstić information content (AvgIpc) is 3.03. The van der Waals surface area contributed by atoms with Crippen LogP contribution in [-0.2, 0) is 11.2 Å². The number of morpholine rings is 1. The van der Waals surface area contributed by atoms with Gasteiger partial charge >= 0.3 is 6.03 Å². The molecule has 2 heterocycles. The van der Waals surface area contributed by atoms with Gasteiger partial charge in [0.05, 0.1) is 20.3 Å². The lowest BCUT2D eigenvalue weighted by Gasteiger charge is -2.34. The van der Waals surface area contributed by atoms with Crippen molar-refractivity contribution in [2.24, 2.45) is 0 Å². The highest BCUT2D eigenvalue weighted by atomic mass is 16.5. The fraction of sp³-hybridized carbons (Fsp3) is 0.611. The summed E-state index contributed by atoms with van der Waals surface area (Å²) in [7, 11) is 1.70. The molecule has 0 spiro atoms. The highest BCUT2D eigenvalue weighted by molar-refractivity contribution is 5.75. The van der Waals surface area contributed by atoms with Gasteiger partial charge in [0.2, 0.25) is 0 Å². The van der Waals surface area contributed by atoms with Crippen molar-refractivity contribution in [2.45, 2.75) is 32.2 Å². The molecule has 126 valence electrons. The van der Waals surface area contributed by atoms with Crippen LogP contribution in [0.1, 0.15) is 24.0 Å². The molecule has 1 aromatic carbocycles. The molecule has 23 heavy (non-hydrogen) atoms. The molecule has 3 rings (SSSR count). The zero-order valence-electron chi connectivity index (χ0n) is 14.1. The number of carbonyl (C=O) groups is 1. The molecule has 0 N–H and O–H groups in total. The Labute approximate surface area is 138 Å². The Morgan fingerprint density at radius 2 is 2.09 bits per heavy atom. The van der Waals surface area contributed by atoms with Crippen LogP contribution in [0.5, 0.6) is 5.75 Å². The van der Waals surface area contributed by atoms with Crippen molar-refractivity contribution in [1.29, 1.82) is 0 Å². The van der Waals surface area contributed by atoms with Crippen LogP contribution in [0.15, 0.2) is 18.2 Å². The molecule has 1 unspecified atom stereocenters. The van der Waals surface area contributed by atoms with Crippen LogP contribution >= 0.6 is 0 Å². The Morgan fingerprint density at radius 3 is 2.78 bits per heavy atom. The molecule has 1 aromatic rings. The molecule has 2 saturated heterocycles. The number of hydrogen-bond acceptors (Lipinski definition) is 3. The summed E-state index contributed by atoms with van der Waals surface area (Å²) < 4.78 is 10.7. The third-order valence-electron chi connectivity index (χ3n) is 4.84. The van der Waals surface area contributed by atoms with E-state index in [1.54, 1.807) is 7.11 Å². The first-order valence-corrected chi connectivity index (χ1v) is 8.46. The molecule has 5 heteroatoms. The lowest BCUT2D eigenvalue weighted by Crippen LogP contribution is -2.50. The number of methoxy groups -OCH3 is 1. The average molecular weight is 318 g/mol. The number of amides is 2. The molecule has 0 aromatic heterocycles. The quantitative estimate of drug-likeness (QED) is 0.860. The van der Waals surface area contributed by atoms with Crippen LogP contribution in [0.25, 0.3) is 0 Å². The molecule has 2 amide bonds. The van der Waals surface area contributed by atoms with Crippen molar-refractivity contribution in [1.82, 2.24) is 9.80 Å². The van der Waals surface area contributed by atoms with Crippen LogP contribution in [0, 0.1) is 6.92 Å². The minimum Gasteiger partial charge on any atom is -0.496 e. The number of benzene rings is 1. The van der Waals surface area contributed by atoms with Gasteiger partial charge in [-0.05, 0) is 43.4 Å². The summed E-state index contributed by atoms with van der Waals surface area (Å²) in [6.07, 6.45) is 3.10. The van der Waals surface area contributed by atoms with Crippen molar-refractivity contribution in [3.8, 4) is 5.75 Å². The molecule has 0 radical (unpaired) electrons. The second-order valence-electron chi connectivity index (χ2n) is 6.38. The van der Waals surface area contributed by atoms with Gasteiger partial charge in [-0.3, -0.25) is 0 Å².